The molecule has 8 amide bonds. The number of phosphoric acid groups is 4. The van der Waals surface area contributed by atoms with Gasteiger partial charge in [-0.25, -0.2) is 87.6 Å². The van der Waals surface area contributed by atoms with E-state index in [0.717, 1.165) is 11.1 Å². The van der Waals surface area contributed by atoms with E-state index in [1.54, 1.807) is 101 Å². The number of nitrogens with zero attached hydrogens (tertiary/aromatic N) is 16. The molecule has 0 spiro atoms. The predicted molar refractivity (Wildman–Crippen MR) is 496 cm³/mol. The summed E-state index contributed by atoms with van der Waals surface area (Å²) in [5, 5.41) is 20.9. The predicted octanol–water partition coefficient (Wildman–Crippen LogP) is 5.43. The van der Waals surface area contributed by atoms with Crippen LogP contribution in [-0.2, 0) is 102 Å². The third-order valence-electron chi connectivity index (χ3n) is 22.9. The maximum Gasteiger partial charge on any atom is 0.320 e. The average Bonchev–Trinajstić information content (AvgIpc) is 1.61. The number of rotatable bonds is 32. The molecule has 8 saturated heterocycles. The Bertz CT molecular complexity index is 6740. The molecule has 24 atom stereocenters. The van der Waals surface area contributed by atoms with Gasteiger partial charge in [-0.05, 0) is 87.1 Å². The highest BCUT2D eigenvalue weighted by Gasteiger charge is 2.59. The molecule has 14 unspecified atom stereocenters. The Morgan fingerprint density at radius 2 is 0.582 bits per heavy atom. The number of amides is 8. The monoisotopic (exact) mass is 2080 g/mol. The Hall–Kier alpha value is -13.2. The molecule has 0 saturated carbocycles. The fraction of sp³-hybridized carbons (Fsp3) is 0.364. The first-order valence-corrected chi connectivity index (χ1v) is 51.1. The fourth-order valence-electron chi connectivity index (χ4n) is 16.7. The minimum absolute atomic E-state index is 0.0950. The molecule has 58 heteroatoms. The van der Waals surface area contributed by atoms with Gasteiger partial charge in [-0.1, -0.05) is 121 Å². The summed E-state index contributed by atoms with van der Waals surface area (Å²) in [7, 11) is -23.0. The number of fused-ring (bicyclic) bond motifs is 8. The minimum atomic E-state index is -5.76. The zero-order valence-electron chi connectivity index (χ0n) is 76.9. The van der Waals surface area contributed by atoms with Gasteiger partial charge in [0.15, 0.2) is 105 Å². The van der Waals surface area contributed by atoms with Gasteiger partial charge in [0.05, 0.1) is 51.7 Å². The van der Waals surface area contributed by atoms with Crippen LogP contribution in [0.1, 0.15) is 74.9 Å². The van der Waals surface area contributed by atoms with E-state index in [1.165, 1.54) is 68.9 Å². The van der Waals surface area contributed by atoms with Crippen LogP contribution in [0.3, 0.4) is 0 Å². The van der Waals surface area contributed by atoms with Gasteiger partial charge in [0.1, 0.15) is 98.6 Å². The van der Waals surface area contributed by atoms with Crippen molar-refractivity contribution in [2.75, 3.05) is 73.9 Å². The van der Waals surface area contributed by atoms with E-state index < -0.39 is 205 Å². The number of hydrogen-bond donors (Lipinski definition) is 8. The lowest BCUT2D eigenvalue weighted by molar-refractivity contribution is -0.250. The summed E-state index contributed by atoms with van der Waals surface area (Å²) in [6, 6.07) is 34.6. The van der Waals surface area contributed by atoms with Crippen molar-refractivity contribution >= 4 is 135 Å². The Labute approximate surface area is 826 Å². The lowest BCUT2D eigenvalue weighted by Crippen LogP contribution is -2.33. The van der Waals surface area contributed by atoms with Crippen LogP contribution >= 0.6 is 31.3 Å². The van der Waals surface area contributed by atoms with Crippen molar-refractivity contribution in [3.05, 3.63) is 206 Å². The summed E-state index contributed by atoms with van der Waals surface area (Å²) in [4.78, 5) is 154. The number of benzene rings is 4. The molecule has 16 heterocycles. The largest absolute Gasteiger partial charge is 0.756 e. The molecule has 8 aromatic heterocycles. The third kappa shape index (κ3) is 23.4. The maximum atomic E-state index is 13.3. The van der Waals surface area contributed by atoms with Crippen LogP contribution in [0.15, 0.2) is 184 Å². The first-order valence-electron chi connectivity index (χ1n) is 45.3. The van der Waals surface area contributed by atoms with Crippen molar-refractivity contribution in [1.82, 2.24) is 99.3 Å². The molecule has 8 aliphatic rings. The van der Waals surface area contributed by atoms with Crippen molar-refractivity contribution in [2.24, 2.45) is 0 Å². The molecule has 4 aromatic carbocycles. The Balaban J connectivity index is 0.000000184. The van der Waals surface area contributed by atoms with E-state index >= 15 is 0 Å². The first kappa shape index (κ1) is 101. The van der Waals surface area contributed by atoms with E-state index in [9.17, 15) is 57.0 Å². The standard InChI is InChI=1S/C44H48N12O15P2.C44H44N12O15P2/c2*1-3-45-43(57)53-37-31-39(49-21-47-37)55(23-51-31)41-35-33(67-29(69-35)17-15-25-11-7-5-8-12-25)27(65-41)19-63-72(59,60)71-73(61,62)64-20-28-34-36(70-30(68-34)18-16-26-13-9-6-10-14-26)42(66-28)56-24-52-32-38(48-22-50-40(32)56)54-44(58)46-4-2/h5-18,21-24,27-30,33-36,41-42H,3-4,19-20H2,1-2H3,(H,59,60)(H,61,62)(H2,45,47,49,53,57)(H2,46,48,50,54,58);5-14,21-24,27-30,33-36,41-42H,3-4,19-20H2,1-2H3,(H,59,60)(H,61,62)(H2,45,47,49,53,57)(H2,46,48,50,54,58)/p-4/b17-15+,18-16+;/t2*27-,28-,29?,30?,33?,34?,35+,36?,41-,42-/m11/s1. The van der Waals surface area contributed by atoms with Crippen LogP contribution in [0.4, 0.5) is 42.4 Å². The van der Waals surface area contributed by atoms with Gasteiger partial charge < -0.3 is 116 Å². The van der Waals surface area contributed by atoms with Gasteiger partial charge in [-0.15, -0.1) is 0 Å². The lowest BCUT2D eigenvalue weighted by Gasteiger charge is -2.32. The molecule has 0 radical (unpaired) electrons. The minimum Gasteiger partial charge on any atom is -0.756 e. The topological polar surface area (TPSA) is 666 Å². The van der Waals surface area contributed by atoms with E-state index in [4.69, 9.17) is 74.9 Å². The molecule has 8 N–H and O–H groups in total. The number of carbonyl (C=O) groups excluding carboxylic acids is 4. The van der Waals surface area contributed by atoms with Crippen molar-refractivity contribution in [1.29, 1.82) is 0 Å². The SMILES string of the molecule is CCNC(=O)Nc1ncnc2c1ncn2[C@@H]1O[C@H](COP(=O)([O-])OP(=O)([O-])OC[C@H]2O[C@@H](n3cnc4c(NC(=O)NCC)ncnc43)[C@H]3OC(/C=C/c4ccccc4)OC23)C2OC(/C=C/c3ccccc3)OC21.CCNC(=O)Nc1ncnc2c1ncn2[C@@H]1O[C@H](COP(=O)([O-])OP(=O)([O-])OC[C@H]2O[C@@H](n3cnc4c(NC(=O)NCC)ncnc43)[C@H]3OC(C#Cc4ccccc4)OC23)C2OC(C#Cc3ccccc3)OC21. The van der Waals surface area contributed by atoms with Gasteiger partial charge in [0.2, 0.25) is 12.6 Å². The van der Waals surface area contributed by atoms with Crippen LogP contribution in [0.25, 0.3) is 56.8 Å². The van der Waals surface area contributed by atoms with Gasteiger partial charge in [-0.2, -0.15) is 0 Å². The van der Waals surface area contributed by atoms with Crippen molar-refractivity contribution in [3.63, 3.8) is 0 Å². The third-order valence-corrected chi connectivity index (χ3v) is 28.0. The van der Waals surface area contributed by atoms with Crippen LogP contribution in [0.5, 0.6) is 0 Å². The summed E-state index contributed by atoms with van der Waals surface area (Å²) >= 11 is 0. The highest BCUT2D eigenvalue weighted by molar-refractivity contribution is 7.60. The summed E-state index contributed by atoms with van der Waals surface area (Å²) in [6.45, 7) is 5.16. The Morgan fingerprint density at radius 3 is 0.856 bits per heavy atom. The highest BCUT2D eigenvalue weighted by Crippen LogP contribution is 2.59. The van der Waals surface area contributed by atoms with Crippen LogP contribution < -0.4 is 62.1 Å². The lowest BCUT2D eigenvalue weighted by atomic mass is 10.1. The zero-order chi connectivity index (χ0) is 101. The molecular weight excluding hydrogens is 2000 g/mol. The molecule has 764 valence electrons. The Morgan fingerprint density at radius 1 is 0.336 bits per heavy atom. The van der Waals surface area contributed by atoms with E-state index in [0.29, 0.717) is 37.3 Å². The summed E-state index contributed by atoms with van der Waals surface area (Å²) < 4.78 is 163. The van der Waals surface area contributed by atoms with Gasteiger partial charge in [0.25, 0.3) is 31.3 Å². The molecule has 20 rings (SSSR count). The molecule has 12 aromatic rings. The van der Waals surface area contributed by atoms with Crippen molar-refractivity contribution in [3.8, 4) is 23.7 Å². The fourth-order valence-corrected chi connectivity index (χ4v) is 20.8. The van der Waals surface area contributed by atoms with E-state index in [2.05, 4.69) is 135 Å². The molecule has 8 aliphatic heterocycles. The number of ether oxygens (including phenoxy) is 12. The number of hydrogen-bond acceptors (Lipinski definition) is 42. The molecular formula is C88H88N24O30P4-4. The number of carbonyl (C=O) groups is 4. The maximum absolute atomic E-state index is 13.3. The number of phosphoric ester groups is 4. The molecule has 0 aliphatic carbocycles. The second-order valence-corrected chi connectivity index (χ2v) is 38.5. The summed E-state index contributed by atoms with van der Waals surface area (Å²) in [6.07, 6.45) is -3.94. The van der Waals surface area contributed by atoms with Gasteiger partial charge in [0, 0.05) is 37.3 Å². The number of urea groups is 4. The number of imidazole rings is 4. The van der Waals surface area contributed by atoms with Gasteiger partial charge in [-0.3, -0.25) is 57.8 Å². The summed E-state index contributed by atoms with van der Waals surface area (Å²) in [5.74, 6) is 12.1. The number of aromatic nitrogens is 16. The van der Waals surface area contributed by atoms with Crippen LogP contribution in [0, 0.1) is 23.7 Å². The van der Waals surface area contributed by atoms with E-state index in [1.807, 2.05) is 72.8 Å². The van der Waals surface area contributed by atoms with Crippen molar-refractivity contribution < 1.29 is 141 Å². The smallest absolute Gasteiger partial charge is 0.320 e. The second-order valence-electron chi connectivity index (χ2n) is 32.5. The molecule has 8 fully saturated rings. The van der Waals surface area contributed by atoms with Crippen molar-refractivity contribution in [2.45, 2.75) is 151 Å². The van der Waals surface area contributed by atoms with E-state index in [-0.39, 0.29) is 67.9 Å². The average molecular weight is 2090 g/mol. The normalized spacial score (nSPS) is 27.0. The Kier molecular flexibility index (Phi) is 31.0. The zero-order valence-corrected chi connectivity index (χ0v) is 80.4. The first-order chi connectivity index (χ1) is 70.7. The number of anilines is 4. The van der Waals surface area contributed by atoms with Crippen LogP contribution in [0.2, 0.25) is 0 Å². The highest BCUT2D eigenvalue weighted by atomic mass is 31.3. The molecule has 0 bridgehead atoms. The second kappa shape index (κ2) is 44.6. The quantitative estimate of drug-likeness (QED) is 0.0192. The summed E-state index contributed by atoms with van der Waals surface area (Å²) in [5.41, 5.74) is 4.72. The van der Waals surface area contributed by atoms with Crippen LogP contribution in [-0.4, -0.2) is 253 Å². The molecule has 146 heavy (non-hydrogen) atoms. The van der Waals surface area contributed by atoms with Gasteiger partial charge >= 0.3 is 24.1 Å². The number of nitrogens with one attached hydrogen (secondary N) is 8. The molecule has 54 nitrogen and oxygen atoms in total.